The summed E-state index contributed by atoms with van der Waals surface area (Å²) in [7, 11) is 1.72. The van der Waals surface area contributed by atoms with Crippen molar-refractivity contribution in [2.45, 2.75) is 40.2 Å². The zero-order valence-corrected chi connectivity index (χ0v) is 17.2. The van der Waals surface area contributed by atoms with E-state index in [-0.39, 0.29) is 6.10 Å². The van der Waals surface area contributed by atoms with Crippen molar-refractivity contribution in [3.8, 4) is 11.5 Å². The summed E-state index contributed by atoms with van der Waals surface area (Å²) in [6, 6.07) is 12.4. The van der Waals surface area contributed by atoms with E-state index in [4.69, 9.17) is 9.47 Å². The van der Waals surface area contributed by atoms with Gasteiger partial charge in [0.15, 0.2) is 0 Å². The number of benzene rings is 2. The molecule has 0 aromatic heterocycles. The van der Waals surface area contributed by atoms with Gasteiger partial charge < -0.3 is 9.47 Å². The summed E-state index contributed by atoms with van der Waals surface area (Å²) in [4.78, 5) is 1.02. The van der Waals surface area contributed by atoms with Gasteiger partial charge in [0.05, 0.1) is 13.2 Å². The highest BCUT2D eigenvalue weighted by molar-refractivity contribution is 8.10. The first kappa shape index (κ1) is 20.2. The molecule has 0 amide bonds. The SMILES string of the molecule is C=C(S/C=C/Cc1cc(C)c(C)cc1OC)c1ccc(OC(C)C)cc1. The molecule has 0 radical (unpaired) electrons. The van der Waals surface area contributed by atoms with Crippen LogP contribution in [0, 0.1) is 13.8 Å². The lowest BCUT2D eigenvalue weighted by atomic mass is 10.0. The number of aryl methyl sites for hydroxylation is 2. The Balaban J connectivity index is 1.94. The van der Waals surface area contributed by atoms with Crippen LogP contribution in [0.25, 0.3) is 4.91 Å². The number of thioether (sulfide) groups is 1. The summed E-state index contributed by atoms with van der Waals surface area (Å²) in [5.41, 5.74) is 4.85. The summed E-state index contributed by atoms with van der Waals surface area (Å²) in [6.07, 6.45) is 3.17. The van der Waals surface area contributed by atoms with Crippen LogP contribution < -0.4 is 9.47 Å². The van der Waals surface area contributed by atoms with E-state index in [2.05, 4.69) is 44.0 Å². The van der Waals surface area contributed by atoms with Crippen LogP contribution in [-0.4, -0.2) is 13.2 Å². The Morgan fingerprint density at radius 2 is 1.77 bits per heavy atom. The first-order valence-corrected chi connectivity index (χ1v) is 9.70. The number of hydrogen-bond acceptors (Lipinski definition) is 3. The van der Waals surface area contributed by atoms with E-state index in [0.717, 1.165) is 28.4 Å². The number of methoxy groups -OCH3 is 1. The lowest BCUT2D eigenvalue weighted by Gasteiger charge is -2.11. The average Bonchev–Trinajstić information content (AvgIpc) is 2.61. The summed E-state index contributed by atoms with van der Waals surface area (Å²) in [5.74, 6) is 1.83. The quantitative estimate of drug-likeness (QED) is 0.526. The summed E-state index contributed by atoms with van der Waals surface area (Å²) in [6.45, 7) is 12.5. The molecular weight excluding hydrogens is 340 g/mol. The first-order valence-electron chi connectivity index (χ1n) is 8.82. The third-order valence-electron chi connectivity index (χ3n) is 4.09. The topological polar surface area (TPSA) is 18.5 Å². The second-order valence-corrected chi connectivity index (χ2v) is 7.56. The van der Waals surface area contributed by atoms with Crippen molar-refractivity contribution in [1.82, 2.24) is 0 Å². The molecule has 0 aliphatic heterocycles. The monoisotopic (exact) mass is 368 g/mol. The molecule has 2 aromatic rings. The molecule has 26 heavy (non-hydrogen) atoms. The van der Waals surface area contributed by atoms with Crippen LogP contribution in [0.1, 0.15) is 36.1 Å². The predicted octanol–water partition coefficient (Wildman–Crippen LogP) is 6.56. The molecule has 0 N–H and O–H groups in total. The predicted molar refractivity (Wildman–Crippen MR) is 114 cm³/mol. The summed E-state index contributed by atoms with van der Waals surface area (Å²) < 4.78 is 11.2. The highest BCUT2D eigenvalue weighted by Gasteiger charge is 2.05. The lowest BCUT2D eigenvalue weighted by Crippen LogP contribution is -2.05. The van der Waals surface area contributed by atoms with Crippen molar-refractivity contribution in [3.63, 3.8) is 0 Å². The molecule has 2 aromatic carbocycles. The Morgan fingerprint density at radius 3 is 2.38 bits per heavy atom. The molecule has 0 saturated heterocycles. The van der Waals surface area contributed by atoms with E-state index < -0.39 is 0 Å². The number of rotatable bonds is 8. The first-order chi connectivity index (χ1) is 12.4. The van der Waals surface area contributed by atoms with Crippen molar-refractivity contribution in [1.29, 1.82) is 0 Å². The molecule has 0 unspecified atom stereocenters. The van der Waals surface area contributed by atoms with Gasteiger partial charge in [0.25, 0.3) is 0 Å². The molecule has 2 rings (SSSR count). The largest absolute Gasteiger partial charge is 0.496 e. The van der Waals surface area contributed by atoms with Gasteiger partial charge in [-0.05, 0) is 80.0 Å². The number of hydrogen-bond donors (Lipinski definition) is 0. The third-order valence-corrected chi connectivity index (χ3v) is 4.94. The maximum Gasteiger partial charge on any atom is 0.122 e. The van der Waals surface area contributed by atoms with Gasteiger partial charge >= 0.3 is 0 Å². The van der Waals surface area contributed by atoms with Gasteiger partial charge in [-0.3, -0.25) is 0 Å². The molecule has 0 bridgehead atoms. The van der Waals surface area contributed by atoms with Crippen molar-refractivity contribution in [2.24, 2.45) is 0 Å². The molecule has 0 aliphatic carbocycles. The van der Waals surface area contributed by atoms with Crippen LogP contribution in [0.15, 0.2) is 54.5 Å². The summed E-state index contributed by atoms with van der Waals surface area (Å²) in [5, 5.41) is 2.09. The minimum absolute atomic E-state index is 0.184. The number of ether oxygens (including phenoxy) is 2. The Bertz CT molecular complexity index is 774. The van der Waals surface area contributed by atoms with Crippen LogP contribution in [0.5, 0.6) is 11.5 Å². The van der Waals surface area contributed by atoms with Crippen LogP contribution >= 0.6 is 11.8 Å². The molecule has 138 valence electrons. The van der Waals surface area contributed by atoms with Gasteiger partial charge in [-0.15, -0.1) is 0 Å². The van der Waals surface area contributed by atoms with Gasteiger partial charge in [0.1, 0.15) is 11.5 Å². The fraction of sp³-hybridized carbons (Fsp3) is 0.304. The third kappa shape index (κ3) is 5.70. The van der Waals surface area contributed by atoms with E-state index in [0.29, 0.717) is 0 Å². The number of allylic oxidation sites excluding steroid dienone is 1. The Labute approximate surface area is 161 Å². The van der Waals surface area contributed by atoms with Crippen molar-refractivity contribution >= 4 is 16.7 Å². The fourth-order valence-corrected chi connectivity index (χ4v) is 3.19. The molecule has 2 nitrogen and oxygen atoms in total. The molecule has 0 heterocycles. The van der Waals surface area contributed by atoms with E-state index in [1.165, 1.54) is 16.7 Å². The van der Waals surface area contributed by atoms with Crippen molar-refractivity contribution < 1.29 is 9.47 Å². The molecular formula is C23H28O2S. The Morgan fingerprint density at radius 1 is 1.12 bits per heavy atom. The fourth-order valence-electron chi connectivity index (χ4n) is 2.56. The van der Waals surface area contributed by atoms with Gasteiger partial charge in [0, 0.05) is 4.91 Å². The van der Waals surface area contributed by atoms with Crippen molar-refractivity contribution in [2.75, 3.05) is 7.11 Å². The van der Waals surface area contributed by atoms with E-state index in [1.54, 1.807) is 18.9 Å². The van der Waals surface area contributed by atoms with Gasteiger partial charge in [-0.25, -0.2) is 0 Å². The molecule has 0 atom stereocenters. The Hall–Kier alpha value is -2.13. The molecule has 0 aliphatic rings. The van der Waals surface area contributed by atoms with Crippen LogP contribution in [-0.2, 0) is 6.42 Å². The minimum atomic E-state index is 0.184. The summed E-state index contributed by atoms with van der Waals surface area (Å²) >= 11 is 1.63. The lowest BCUT2D eigenvalue weighted by molar-refractivity contribution is 0.242. The minimum Gasteiger partial charge on any atom is -0.496 e. The highest BCUT2D eigenvalue weighted by Crippen LogP contribution is 2.29. The van der Waals surface area contributed by atoms with E-state index in [9.17, 15) is 0 Å². The standard InChI is InChI=1S/C23H28O2S/c1-16(2)25-22-11-9-20(10-12-22)19(5)26-13-7-8-21-14-17(3)18(4)15-23(21)24-6/h7,9-16H,5,8H2,1-4,6H3/b13-7+. The molecule has 0 spiro atoms. The van der Waals surface area contributed by atoms with Gasteiger partial charge in [-0.2, -0.15) is 0 Å². The molecule has 3 heteroatoms. The zero-order chi connectivity index (χ0) is 19.1. The Kier molecular flexibility index (Phi) is 7.40. The average molecular weight is 369 g/mol. The second kappa shape index (κ2) is 9.54. The molecule has 0 fully saturated rings. The van der Waals surface area contributed by atoms with Crippen LogP contribution in [0.2, 0.25) is 0 Å². The zero-order valence-electron chi connectivity index (χ0n) is 16.3. The maximum absolute atomic E-state index is 5.67. The maximum atomic E-state index is 5.67. The van der Waals surface area contributed by atoms with Crippen LogP contribution in [0.4, 0.5) is 0 Å². The normalized spacial score (nSPS) is 11.2. The van der Waals surface area contributed by atoms with Gasteiger partial charge in [0.2, 0.25) is 0 Å². The van der Waals surface area contributed by atoms with E-state index >= 15 is 0 Å². The highest BCUT2D eigenvalue weighted by atomic mass is 32.2. The molecule has 0 saturated carbocycles. The smallest absolute Gasteiger partial charge is 0.122 e. The second-order valence-electron chi connectivity index (χ2n) is 6.56. The van der Waals surface area contributed by atoms with Gasteiger partial charge in [-0.1, -0.05) is 42.6 Å². The van der Waals surface area contributed by atoms with E-state index in [1.807, 2.05) is 38.1 Å². The van der Waals surface area contributed by atoms with Crippen LogP contribution in [0.3, 0.4) is 0 Å². The van der Waals surface area contributed by atoms with Crippen molar-refractivity contribution in [3.05, 3.63) is 76.7 Å².